The van der Waals surface area contributed by atoms with E-state index in [1.54, 1.807) is 18.9 Å². The lowest BCUT2D eigenvalue weighted by Crippen LogP contribution is -2.33. The van der Waals surface area contributed by atoms with Crippen LogP contribution in [0.4, 0.5) is 11.4 Å². The van der Waals surface area contributed by atoms with Gasteiger partial charge in [-0.2, -0.15) is 0 Å². The van der Waals surface area contributed by atoms with E-state index in [9.17, 15) is 9.59 Å². The summed E-state index contributed by atoms with van der Waals surface area (Å²) in [6, 6.07) is 11.7. The lowest BCUT2D eigenvalue weighted by Gasteiger charge is -2.26. The van der Waals surface area contributed by atoms with Gasteiger partial charge in [0.25, 0.3) is 0 Å². The molecule has 0 atom stereocenters. The second-order valence-corrected chi connectivity index (χ2v) is 6.80. The van der Waals surface area contributed by atoms with Gasteiger partial charge in [0.1, 0.15) is 5.75 Å². The molecule has 0 aromatic heterocycles. The third kappa shape index (κ3) is 5.12. The van der Waals surface area contributed by atoms with Crippen LogP contribution in [-0.2, 0) is 22.4 Å². The predicted molar refractivity (Wildman–Crippen MR) is 114 cm³/mol. The van der Waals surface area contributed by atoms with Gasteiger partial charge in [-0.3, -0.25) is 9.59 Å². The number of ether oxygens (including phenoxy) is 1. The number of para-hydroxylation sites is 1. The van der Waals surface area contributed by atoms with E-state index in [4.69, 9.17) is 4.74 Å². The fourth-order valence-corrected chi connectivity index (χ4v) is 3.33. The van der Waals surface area contributed by atoms with Crippen LogP contribution in [0.5, 0.6) is 5.75 Å². The van der Waals surface area contributed by atoms with Crippen LogP contribution in [0, 0.1) is 6.92 Å². The van der Waals surface area contributed by atoms with Gasteiger partial charge >= 0.3 is 0 Å². The van der Waals surface area contributed by atoms with Crippen LogP contribution < -0.4 is 15.0 Å². The van der Waals surface area contributed by atoms with Gasteiger partial charge < -0.3 is 15.0 Å². The lowest BCUT2D eigenvalue weighted by molar-refractivity contribution is -0.117. The number of aryl methyl sites for hydroxylation is 3. The fraction of sp³-hybridized carbons (Fsp3) is 0.391. The Kier molecular flexibility index (Phi) is 7.61. The standard InChI is InChI=1S/C23H30N2O3/c1-6-18-9-8-10-19(7-2)23(18)25(17(4)26)14-13-22(27)24-20-15-16(3)11-12-21(20)28-5/h8-12,15H,6-7,13-14H2,1-5H3,(H,24,27). The molecule has 0 spiro atoms. The molecule has 0 aliphatic heterocycles. The molecule has 2 aromatic carbocycles. The Balaban J connectivity index is 2.18. The molecule has 2 aromatic rings. The number of hydrogen-bond donors (Lipinski definition) is 1. The molecule has 0 unspecified atom stereocenters. The molecular formula is C23H30N2O3. The fourth-order valence-electron chi connectivity index (χ4n) is 3.33. The Hall–Kier alpha value is -2.82. The van der Waals surface area contributed by atoms with E-state index in [0.717, 1.165) is 35.2 Å². The second-order valence-electron chi connectivity index (χ2n) is 6.80. The van der Waals surface area contributed by atoms with E-state index in [2.05, 4.69) is 19.2 Å². The van der Waals surface area contributed by atoms with Crippen molar-refractivity contribution in [1.82, 2.24) is 0 Å². The first kappa shape index (κ1) is 21.5. The van der Waals surface area contributed by atoms with Gasteiger partial charge in [0, 0.05) is 25.6 Å². The van der Waals surface area contributed by atoms with Crippen LogP contribution in [0.25, 0.3) is 0 Å². The number of benzene rings is 2. The molecule has 5 heteroatoms. The number of rotatable bonds is 8. The van der Waals surface area contributed by atoms with Crippen molar-refractivity contribution in [2.75, 3.05) is 23.9 Å². The number of carbonyl (C=O) groups excluding carboxylic acids is 2. The lowest BCUT2D eigenvalue weighted by atomic mass is 10.0. The summed E-state index contributed by atoms with van der Waals surface area (Å²) < 4.78 is 5.32. The van der Waals surface area contributed by atoms with E-state index < -0.39 is 0 Å². The van der Waals surface area contributed by atoms with E-state index in [1.165, 1.54) is 0 Å². The molecule has 0 aliphatic rings. The summed E-state index contributed by atoms with van der Waals surface area (Å²) in [6.07, 6.45) is 1.87. The first-order valence-electron chi connectivity index (χ1n) is 9.74. The van der Waals surface area contributed by atoms with Gasteiger partial charge in [0.05, 0.1) is 12.8 Å². The van der Waals surface area contributed by atoms with Gasteiger partial charge in [0.2, 0.25) is 11.8 Å². The largest absolute Gasteiger partial charge is 0.495 e. The van der Waals surface area contributed by atoms with Crippen molar-refractivity contribution < 1.29 is 14.3 Å². The highest BCUT2D eigenvalue weighted by molar-refractivity contribution is 5.96. The first-order chi connectivity index (χ1) is 13.4. The number of amides is 2. The summed E-state index contributed by atoms with van der Waals surface area (Å²) in [5, 5.41) is 2.90. The molecule has 0 bridgehead atoms. The van der Waals surface area contributed by atoms with Gasteiger partial charge in [0.15, 0.2) is 0 Å². The van der Waals surface area contributed by atoms with Crippen LogP contribution in [0.15, 0.2) is 36.4 Å². The van der Waals surface area contributed by atoms with Crippen LogP contribution >= 0.6 is 0 Å². The van der Waals surface area contributed by atoms with E-state index in [-0.39, 0.29) is 18.2 Å². The molecule has 150 valence electrons. The summed E-state index contributed by atoms with van der Waals surface area (Å²) >= 11 is 0. The molecule has 0 fully saturated rings. The maximum Gasteiger partial charge on any atom is 0.226 e. The van der Waals surface area contributed by atoms with Crippen molar-refractivity contribution in [3.05, 3.63) is 53.1 Å². The summed E-state index contributed by atoms with van der Waals surface area (Å²) in [7, 11) is 1.58. The zero-order valence-electron chi connectivity index (χ0n) is 17.5. The average Bonchev–Trinajstić information content (AvgIpc) is 2.68. The van der Waals surface area contributed by atoms with Crippen LogP contribution in [-0.4, -0.2) is 25.5 Å². The number of nitrogens with zero attached hydrogens (tertiary/aromatic N) is 1. The number of nitrogens with one attached hydrogen (secondary N) is 1. The average molecular weight is 383 g/mol. The third-order valence-electron chi connectivity index (χ3n) is 4.81. The van der Waals surface area contributed by atoms with E-state index >= 15 is 0 Å². The molecule has 0 aliphatic carbocycles. The van der Waals surface area contributed by atoms with Crippen molar-refractivity contribution in [3.8, 4) is 5.75 Å². The monoisotopic (exact) mass is 382 g/mol. The molecule has 2 amide bonds. The SMILES string of the molecule is CCc1cccc(CC)c1N(CCC(=O)Nc1cc(C)ccc1OC)C(C)=O. The second kappa shape index (κ2) is 9.93. The number of carbonyl (C=O) groups is 2. The highest BCUT2D eigenvalue weighted by Crippen LogP contribution is 2.28. The third-order valence-corrected chi connectivity index (χ3v) is 4.81. The van der Waals surface area contributed by atoms with E-state index in [1.807, 2.05) is 43.3 Å². The molecule has 0 radical (unpaired) electrons. The normalized spacial score (nSPS) is 10.5. The van der Waals surface area contributed by atoms with Crippen molar-refractivity contribution in [2.45, 2.75) is 47.0 Å². The van der Waals surface area contributed by atoms with E-state index in [0.29, 0.717) is 18.0 Å². The minimum Gasteiger partial charge on any atom is -0.495 e. The van der Waals surface area contributed by atoms with Gasteiger partial charge in [-0.1, -0.05) is 38.1 Å². The van der Waals surface area contributed by atoms with Crippen molar-refractivity contribution in [3.63, 3.8) is 0 Å². The molecule has 5 nitrogen and oxygen atoms in total. The van der Waals surface area contributed by atoms with Gasteiger partial charge in [-0.15, -0.1) is 0 Å². The Labute approximate surface area is 167 Å². The number of anilines is 2. The molecule has 1 N–H and O–H groups in total. The van der Waals surface area contributed by atoms with Crippen LogP contribution in [0.3, 0.4) is 0 Å². The zero-order chi connectivity index (χ0) is 20.7. The quantitative estimate of drug-likeness (QED) is 0.731. The van der Waals surface area contributed by atoms with Crippen molar-refractivity contribution >= 4 is 23.2 Å². The maximum atomic E-state index is 12.6. The summed E-state index contributed by atoms with van der Waals surface area (Å²) in [5.74, 6) is 0.408. The summed E-state index contributed by atoms with van der Waals surface area (Å²) in [5.41, 5.74) is 4.86. The highest BCUT2D eigenvalue weighted by Gasteiger charge is 2.19. The summed E-state index contributed by atoms with van der Waals surface area (Å²) in [4.78, 5) is 26.7. The first-order valence-corrected chi connectivity index (χ1v) is 9.74. The predicted octanol–water partition coefficient (Wildman–Crippen LogP) is 4.51. The Morgan fingerprint density at radius 3 is 2.25 bits per heavy atom. The smallest absolute Gasteiger partial charge is 0.226 e. The molecule has 0 saturated heterocycles. The van der Waals surface area contributed by atoms with Crippen LogP contribution in [0.2, 0.25) is 0 Å². The molecule has 0 saturated carbocycles. The highest BCUT2D eigenvalue weighted by atomic mass is 16.5. The summed E-state index contributed by atoms with van der Waals surface area (Å²) in [6.45, 7) is 7.99. The van der Waals surface area contributed by atoms with Crippen molar-refractivity contribution in [2.24, 2.45) is 0 Å². The topological polar surface area (TPSA) is 58.6 Å². The number of methoxy groups -OCH3 is 1. The Morgan fingerprint density at radius 2 is 1.71 bits per heavy atom. The molecule has 0 heterocycles. The Morgan fingerprint density at radius 1 is 1.07 bits per heavy atom. The molecule has 2 rings (SSSR count). The Bertz CT molecular complexity index is 823. The van der Waals surface area contributed by atoms with Crippen LogP contribution in [0.1, 0.15) is 43.9 Å². The minimum atomic E-state index is -0.151. The van der Waals surface area contributed by atoms with Gasteiger partial charge in [-0.25, -0.2) is 0 Å². The zero-order valence-corrected chi connectivity index (χ0v) is 17.5. The maximum absolute atomic E-state index is 12.6. The number of hydrogen-bond acceptors (Lipinski definition) is 3. The van der Waals surface area contributed by atoms with Gasteiger partial charge in [-0.05, 0) is 48.6 Å². The van der Waals surface area contributed by atoms with Crippen molar-refractivity contribution in [1.29, 1.82) is 0 Å². The minimum absolute atomic E-state index is 0.0588. The molecular weight excluding hydrogens is 352 g/mol. The molecule has 28 heavy (non-hydrogen) atoms.